The molecular weight excluding hydrogens is 1600 g/mol. The molecule has 1 unspecified atom stereocenters. The molecule has 20 rings (SSSR count). The van der Waals surface area contributed by atoms with Gasteiger partial charge in [-0.2, -0.15) is 0 Å². The smallest absolute Gasteiger partial charge is 0.292 e. The molecule has 34 heteroatoms. The topological polar surface area (TPSA) is 353 Å². The van der Waals surface area contributed by atoms with Gasteiger partial charge in [-0.05, 0) is 194 Å². The van der Waals surface area contributed by atoms with Crippen LogP contribution in [0.2, 0.25) is 20.1 Å². The van der Waals surface area contributed by atoms with E-state index in [-0.39, 0.29) is 179 Å². The molecule has 7 amide bonds. The highest BCUT2D eigenvalue weighted by atomic mass is 35.5. The quantitative estimate of drug-likeness (QED) is 0.0289. The largest absolute Gasteiger partial charge is 0.484 e. The fraction of sp³-hybridized carbons (Fsp3) is 0.458. The first-order valence-electron chi connectivity index (χ1n) is 38.3. The van der Waals surface area contributed by atoms with Crippen LogP contribution in [0.3, 0.4) is 0 Å². The van der Waals surface area contributed by atoms with Gasteiger partial charge in [-0.25, -0.2) is 13.2 Å². The predicted octanol–water partition coefficient (Wildman–Crippen LogP) is 13.4. The molecule has 12 saturated carbocycles. The number of ether oxygens (including phenoxy) is 4. The number of hydrogen-bond donors (Lipinski definition) is 6. The Morgan fingerprint density at radius 2 is 0.991 bits per heavy atom. The SMILES string of the molecule is CC1CC2(NC(=O)c3cc(C(C)(C)C)no3)CCC1(NC(=O)COc1ccc(Cl)c(F)c1)CC2.Cc1cc(C(=O)N(C)C23CC(NC(=O)COc4ccc(Cl)c(F)c4)(C2)C3)on1.Cc1cc(OCC(=O)NC23CCC(NC(=O)c4ccccn4)(C2)C3)ccc1Cl.Cc1nnc(C(=O)CC23CC(NC(=O)COc4ccc(Cl)c(F)c4)(C2)C3)o1. The van der Waals surface area contributed by atoms with Crippen molar-refractivity contribution in [1.29, 1.82) is 0 Å². The molecule has 27 nitrogen and oxygen atoms in total. The number of carbonyl (C=O) groups is 8. The maximum absolute atomic E-state index is 13.6. The third kappa shape index (κ3) is 19.1. The van der Waals surface area contributed by atoms with Crippen LogP contribution in [0.1, 0.15) is 196 Å². The van der Waals surface area contributed by atoms with Gasteiger partial charge in [0.05, 0.1) is 26.5 Å². The van der Waals surface area contributed by atoms with Gasteiger partial charge in [-0.1, -0.05) is 90.5 Å². The molecule has 12 fully saturated rings. The van der Waals surface area contributed by atoms with Gasteiger partial charge in [0.25, 0.3) is 47.2 Å². The minimum absolute atomic E-state index is 0.00227. The van der Waals surface area contributed by atoms with E-state index >= 15 is 0 Å². The van der Waals surface area contributed by atoms with E-state index in [0.29, 0.717) is 53.7 Å². The van der Waals surface area contributed by atoms with Gasteiger partial charge in [0.15, 0.2) is 26.4 Å². The Morgan fingerprint density at radius 1 is 0.521 bits per heavy atom. The monoisotopic (exact) mass is 1690 g/mol. The summed E-state index contributed by atoms with van der Waals surface area (Å²) < 4.78 is 77.5. The van der Waals surface area contributed by atoms with Crippen molar-refractivity contribution in [3.8, 4) is 23.0 Å². The lowest BCUT2D eigenvalue weighted by molar-refractivity contribution is -0.166. The Bertz CT molecular complexity index is 5100. The van der Waals surface area contributed by atoms with Crippen LogP contribution in [0.5, 0.6) is 23.0 Å². The lowest BCUT2D eigenvalue weighted by atomic mass is 9.38. The first kappa shape index (κ1) is 84.6. The fourth-order valence-electron chi connectivity index (χ4n) is 17.8. The number of benzene rings is 4. The average molecular weight is 1690 g/mol. The summed E-state index contributed by atoms with van der Waals surface area (Å²) >= 11 is 22.9. The number of carbonyl (C=O) groups excluding carboxylic acids is 8. The number of fused-ring (bicyclic) bond motifs is 4. The van der Waals surface area contributed by atoms with Crippen LogP contribution in [0.4, 0.5) is 13.2 Å². The molecule has 4 aromatic carbocycles. The molecule has 6 N–H and O–H groups in total. The zero-order valence-electron chi connectivity index (χ0n) is 65.6. The molecule has 0 aliphatic heterocycles. The van der Waals surface area contributed by atoms with E-state index in [1.54, 1.807) is 74.5 Å². The second kappa shape index (κ2) is 33.2. The zero-order valence-corrected chi connectivity index (χ0v) is 68.6. The third-order valence-electron chi connectivity index (χ3n) is 23.5. The second-order valence-corrected chi connectivity index (χ2v) is 35.3. The minimum Gasteiger partial charge on any atom is -0.484 e. The molecule has 8 bridgehead atoms. The van der Waals surface area contributed by atoms with Crippen LogP contribution in [0.25, 0.3) is 0 Å². The van der Waals surface area contributed by atoms with Crippen molar-refractivity contribution in [3.05, 3.63) is 193 Å². The molecule has 0 saturated heterocycles. The number of aromatic nitrogens is 5. The van der Waals surface area contributed by atoms with Gasteiger partial charge < -0.3 is 69.2 Å². The predicted molar refractivity (Wildman–Crippen MR) is 421 cm³/mol. The minimum atomic E-state index is -0.601. The summed E-state index contributed by atoms with van der Waals surface area (Å²) in [6, 6.07) is 26.0. The number of pyridine rings is 1. The Hall–Kier alpha value is -10.3. The summed E-state index contributed by atoms with van der Waals surface area (Å²) in [5.41, 5.74) is 0.432. The molecule has 12 aliphatic rings. The molecule has 117 heavy (non-hydrogen) atoms. The Balaban J connectivity index is 0.000000136. The number of nitrogens with one attached hydrogen (secondary N) is 6. The number of rotatable bonds is 25. The standard InChI is InChI=1S/C25H31ClFN3O4.C21H22ClN3O3.C19H19ClFN3O4.C18H17ClFN3O4/c1-15-13-24(29-22(32)19-12-20(30-34-19)23(2,3)4)7-9-25(15,10-8-24)28-21(31)14-33-16-5-6-17(26)18(27)11-16;1-14-10-15(5-6-16(14)22)28-11-18(26)24-20-7-8-21(12-20,13-20)25-19(27)17-4-2-3-9-23-17;1-11-5-15(28-23-11)17(26)24(2)19-8-18(9-19,10-19)22-16(25)7-27-12-3-4-13(20)14(21)6-12;1-10-22-23-16(27-10)14(24)5-17-7-18(8-17,9-17)21-15(25)6-26-11-2-3-12(19)13(20)4-11/h5-6,11-12,15H,7-10,13-14H2,1-4H3,(H,28,31)(H,29,32);2-6,9-10H,7-8,11-13H2,1H3,(H,24,26)(H,25,27);3-6H,7-10H2,1-2H3,(H,22,25);2-4H,5-9H2,1H3,(H,21,25). The summed E-state index contributed by atoms with van der Waals surface area (Å²) in [6.45, 7) is 12.7. The van der Waals surface area contributed by atoms with E-state index in [0.717, 1.165) is 107 Å². The summed E-state index contributed by atoms with van der Waals surface area (Å²) in [5.74, 6) is -1.23. The van der Waals surface area contributed by atoms with E-state index in [1.165, 1.54) is 36.4 Å². The lowest BCUT2D eigenvalue weighted by Crippen LogP contribution is -2.83. The van der Waals surface area contributed by atoms with Crippen molar-refractivity contribution >= 4 is 93.5 Å². The van der Waals surface area contributed by atoms with Gasteiger partial charge in [-0.3, -0.25) is 43.3 Å². The maximum atomic E-state index is 13.6. The average Bonchev–Trinajstić information content (AvgIpc) is 0.924. The Kier molecular flexibility index (Phi) is 24.0. The third-order valence-corrected chi connectivity index (χ3v) is 24.9. The van der Waals surface area contributed by atoms with E-state index in [4.69, 9.17) is 78.8 Å². The number of Topliss-reactive ketones (excluding diaryl/α,β-unsaturated/α-hetero) is 1. The highest BCUT2D eigenvalue weighted by Crippen LogP contribution is 2.69. The number of aryl methyl sites for hydroxylation is 3. The van der Waals surface area contributed by atoms with Crippen LogP contribution in [-0.4, -0.2) is 150 Å². The molecule has 8 aromatic rings. The Morgan fingerprint density at radius 3 is 1.44 bits per heavy atom. The van der Waals surface area contributed by atoms with Crippen molar-refractivity contribution in [2.45, 2.75) is 195 Å². The molecule has 12 aliphatic carbocycles. The fourth-order valence-corrected chi connectivity index (χ4v) is 18.3. The first-order chi connectivity index (χ1) is 55.3. The van der Waals surface area contributed by atoms with Crippen molar-refractivity contribution in [2.24, 2.45) is 11.3 Å². The van der Waals surface area contributed by atoms with E-state index < -0.39 is 17.5 Å². The molecule has 0 radical (unpaired) electrons. The van der Waals surface area contributed by atoms with Crippen molar-refractivity contribution in [3.63, 3.8) is 0 Å². The molecule has 620 valence electrons. The molecule has 0 spiro atoms. The molecule has 4 aromatic heterocycles. The second-order valence-electron chi connectivity index (χ2n) is 33.7. The molecular formula is C83H89Cl4F3N12O15. The van der Waals surface area contributed by atoms with Crippen molar-refractivity contribution in [1.82, 2.24) is 62.3 Å². The van der Waals surface area contributed by atoms with Crippen molar-refractivity contribution < 1.29 is 83.9 Å². The summed E-state index contributed by atoms with van der Waals surface area (Å²) in [6.07, 6.45) is 13.1. The number of ketones is 1. The van der Waals surface area contributed by atoms with Crippen LogP contribution in [-0.2, 0) is 24.6 Å². The summed E-state index contributed by atoms with van der Waals surface area (Å²) in [5, 5.41) is 34.3. The number of hydrogen-bond acceptors (Lipinski definition) is 20. The summed E-state index contributed by atoms with van der Waals surface area (Å²) in [7, 11) is 1.74. The van der Waals surface area contributed by atoms with Crippen LogP contribution >= 0.6 is 46.4 Å². The van der Waals surface area contributed by atoms with Gasteiger partial charge in [-0.15, -0.1) is 10.2 Å². The van der Waals surface area contributed by atoms with Crippen molar-refractivity contribution in [2.75, 3.05) is 33.5 Å². The van der Waals surface area contributed by atoms with Gasteiger partial charge in [0.1, 0.15) is 46.1 Å². The first-order valence-corrected chi connectivity index (χ1v) is 39.8. The van der Waals surface area contributed by atoms with E-state index in [2.05, 4.69) is 64.3 Å². The van der Waals surface area contributed by atoms with Crippen LogP contribution in [0, 0.1) is 49.6 Å². The molecule has 1 atom stereocenters. The maximum Gasteiger partial charge on any atom is 0.292 e. The normalized spacial score (nSPS) is 25.3. The zero-order chi connectivity index (χ0) is 83.8. The number of amides is 7. The highest BCUT2D eigenvalue weighted by molar-refractivity contribution is 6.32. The molecule has 4 heterocycles. The number of nitrogens with zero attached hydrogens (tertiary/aromatic N) is 6. The van der Waals surface area contributed by atoms with Gasteiger partial charge in [0, 0.05) is 106 Å². The van der Waals surface area contributed by atoms with E-state index in [1.807, 2.05) is 33.8 Å². The van der Waals surface area contributed by atoms with Crippen LogP contribution < -0.4 is 50.8 Å². The number of halogens is 7. The lowest BCUT2D eigenvalue weighted by Gasteiger charge is -2.72. The van der Waals surface area contributed by atoms with Crippen LogP contribution in [0.15, 0.2) is 123 Å². The summed E-state index contributed by atoms with van der Waals surface area (Å²) in [4.78, 5) is 105. The van der Waals surface area contributed by atoms with Gasteiger partial charge >= 0.3 is 0 Å². The Labute approximate surface area is 691 Å². The van der Waals surface area contributed by atoms with E-state index in [9.17, 15) is 51.5 Å². The highest BCUT2D eigenvalue weighted by Gasteiger charge is 2.72. The van der Waals surface area contributed by atoms with Gasteiger partial charge in [0.2, 0.25) is 23.2 Å².